The largest absolute Gasteiger partial charge is 0.380 e. The maximum Gasteiger partial charge on any atom is 0.213 e. The van der Waals surface area contributed by atoms with Crippen molar-refractivity contribution in [2.45, 2.75) is 18.9 Å². The third kappa shape index (κ3) is 3.84. The van der Waals surface area contributed by atoms with Crippen LogP contribution in [0.4, 0.5) is 5.69 Å². The first-order chi connectivity index (χ1) is 12.0. The predicted octanol–water partition coefficient (Wildman–Crippen LogP) is 2.79. The molecule has 0 unspecified atom stereocenters. The number of hydrogen-bond acceptors (Lipinski definition) is 4. The summed E-state index contributed by atoms with van der Waals surface area (Å²) < 4.78 is 26.2. The fraction of sp³-hybridized carbons (Fsp3) is 0.316. The molecule has 0 saturated carbocycles. The lowest BCUT2D eigenvalue weighted by atomic mass is 9.94. The van der Waals surface area contributed by atoms with Gasteiger partial charge in [0, 0.05) is 30.7 Å². The number of rotatable bonds is 5. The Bertz CT molecular complexity index is 875. The molecule has 0 amide bonds. The van der Waals surface area contributed by atoms with Crippen LogP contribution in [0.1, 0.15) is 24.0 Å². The van der Waals surface area contributed by atoms with E-state index in [9.17, 15) is 8.42 Å². The molecule has 0 aromatic heterocycles. The normalized spacial score (nSPS) is 21.0. The molecule has 5 nitrogen and oxygen atoms in total. The van der Waals surface area contributed by atoms with Gasteiger partial charge >= 0.3 is 0 Å². The predicted molar refractivity (Wildman–Crippen MR) is 98.8 cm³/mol. The molecular weight excluding hydrogens is 334 g/mol. The van der Waals surface area contributed by atoms with Gasteiger partial charge in [-0.2, -0.15) is 9.57 Å². The minimum Gasteiger partial charge on any atom is -0.380 e. The van der Waals surface area contributed by atoms with Crippen LogP contribution in [0.2, 0.25) is 0 Å². The summed E-state index contributed by atoms with van der Waals surface area (Å²) in [6.45, 7) is 2.56. The maximum atomic E-state index is 12.3. The van der Waals surface area contributed by atoms with E-state index in [-0.39, 0.29) is 17.7 Å². The summed E-state index contributed by atoms with van der Waals surface area (Å²) in [5, 5.41) is 12.5. The number of benzene rings is 2. The standard InChI is InChI=1S/C19H21N3O2S/c1-2-25(23,24)22-13-18(16-8-4-3-5-9-16)19(14-22)21-17-10-6-7-15(11-17)12-20/h3-11,18-19,21H,2,13-14H2,1H3/t18-,19+/m0/s1. The van der Waals surface area contributed by atoms with E-state index in [0.717, 1.165) is 11.3 Å². The van der Waals surface area contributed by atoms with Crippen molar-refractivity contribution in [1.29, 1.82) is 5.26 Å². The number of anilines is 1. The highest BCUT2D eigenvalue weighted by Crippen LogP contribution is 2.31. The number of nitriles is 1. The van der Waals surface area contributed by atoms with Crippen molar-refractivity contribution in [3.63, 3.8) is 0 Å². The molecule has 1 N–H and O–H groups in total. The van der Waals surface area contributed by atoms with Gasteiger partial charge in [0.1, 0.15) is 0 Å². The van der Waals surface area contributed by atoms with Crippen LogP contribution in [0.15, 0.2) is 54.6 Å². The van der Waals surface area contributed by atoms with Crippen LogP contribution in [0.25, 0.3) is 0 Å². The van der Waals surface area contributed by atoms with E-state index in [4.69, 9.17) is 5.26 Å². The molecule has 2 aromatic rings. The van der Waals surface area contributed by atoms with Gasteiger partial charge in [0.15, 0.2) is 0 Å². The van der Waals surface area contributed by atoms with Crippen LogP contribution in [0.5, 0.6) is 0 Å². The zero-order valence-electron chi connectivity index (χ0n) is 14.1. The zero-order chi connectivity index (χ0) is 17.9. The Hall–Kier alpha value is -2.36. The topological polar surface area (TPSA) is 73.2 Å². The van der Waals surface area contributed by atoms with Crippen LogP contribution >= 0.6 is 0 Å². The second-order valence-corrected chi connectivity index (χ2v) is 8.44. The Morgan fingerprint density at radius 2 is 1.92 bits per heavy atom. The van der Waals surface area contributed by atoms with Crippen molar-refractivity contribution < 1.29 is 8.42 Å². The summed E-state index contributed by atoms with van der Waals surface area (Å²) in [6, 6.07) is 19.3. The van der Waals surface area contributed by atoms with Gasteiger partial charge in [-0.25, -0.2) is 8.42 Å². The molecule has 2 aromatic carbocycles. The lowest BCUT2D eigenvalue weighted by molar-refractivity contribution is 0.472. The first kappa shape index (κ1) is 17.5. The fourth-order valence-corrected chi connectivity index (χ4v) is 4.39. The van der Waals surface area contributed by atoms with Crippen LogP contribution in [-0.2, 0) is 10.0 Å². The molecular formula is C19H21N3O2S. The van der Waals surface area contributed by atoms with E-state index in [0.29, 0.717) is 18.7 Å². The Balaban J connectivity index is 1.89. The van der Waals surface area contributed by atoms with E-state index >= 15 is 0 Å². The molecule has 3 rings (SSSR count). The average Bonchev–Trinajstić information content (AvgIpc) is 3.07. The Morgan fingerprint density at radius 3 is 2.60 bits per heavy atom. The van der Waals surface area contributed by atoms with Crippen molar-refractivity contribution in [2.24, 2.45) is 0 Å². The smallest absolute Gasteiger partial charge is 0.213 e. The summed E-state index contributed by atoms with van der Waals surface area (Å²) in [7, 11) is -3.24. The molecule has 0 radical (unpaired) electrons. The molecule has 1 aliphatic heterocycles. The van der Waals surface area contributed by atoms with Gasteiger partial charge in [-0.1, -0.05) is 36.4 Å². The highest BCUT2D eigenvalue weighted by Gasteiger charge is 2.38. The molecule has 130 valence electrons. The fourth-order valence-electron chi connectivity index (χ4n) is 3.25. The minimum absolute atomic E-state index is 0.0438. The second-order valence-electron chi connectivity index (χ2n) is 6.18. The summed E-state index contributed by atoms with van der Waals surface area (Å²) in [5.74, 6) is 0.166. The lowest BCUT2D eigenvalue weighted by Gasteiger charge is -2.21. The molecule has 0 spiro atoms. The van der Waals surface area contributed by atoms with Crippen LogP contribution < -0.4 is 5.32 Å². The average molecular weight is 355 g/mol. The van der Waals surface area contributed by atoms with Crippen LogP contribution in [0, 0.1) is 11.3 Å². The zero-order valence-corrected chi connectivity index (χ0v) is 14.9. The van der Waals surface area contributed by atoms with Crippen molar-refractivity contribution in [3.05, 3.63) is 65.7 Å². The molecule has 6 heteroatoms. The van der Waals surface area contributed by atoms with Crippen LogP contribution in [-0.4, -0.2) is 37.6 Å². The number of sulfonamides is 1. The van der Waals surface area contributed by atoms with Gasteiger partial charge in [0.05, 0.1) is 17.4 Å². The van der Waals surface area contributed by atoms with Gasteiger partial charge < -0.3 is 5.32 Å². The van der Waals surface area contributed by atoms with Gasteiger partial charge in [-0.05, 0) is 30.7 Å². The molecule has 2 atom stereocenters. The monoisotopic (exact) mass is 355 g/mol. The van der Waals surface area contributed by atoms with Crippen LogP contribution in [0.3, 0.4) is 0 Å². The Morgan fingerprint density at radius 1 is 1.16 bits per heavy atom. The first-order valence-corrected chi connectivity index (χ1v) is 9.94. The molecule has 0 aliphatic carbocycles. The number of nitrogens with zero attached hydrogens (tertiary/aromatic N) is 2. The van der Waals surface area contributed by atoms with E-state index in [1.54, 1.807) is 23.4 Å². The SMILES string of the molecule is CCS(=O)(=O)N1C[C@@H](Nc2cccc(C#N)c2)[C@H](c2ccccc2)C1. The summed E-state index contributed by atoms with van der Waals surface area (Å²) in [5.41, 5.74) is 2.53. The molecule has 25 heavy (non-hydrogen) atoms. The van der Waals surface area contributed by atoms with Gasteiger partial charge in [0.2, 0.25) is 10.0 Å². The second kappa shape index (κ2) is 7.26. The molecule has 0 bridgehead atoms. The Kier molecular flexibility index (Phi) is 5.07. The molecule has 1 aliphatic rings. The van der Waals surface area contributed by atoms with Crippen molar-refractivity contribution in [2.75, 3.05) is 24.2 Å². The maximum absolute atomic E-state index is 12.3. The van der Waals surface area contributed by atoms with Gasteiger partial charge in [-0.3, -0.25) is 0 Å². The van der Waals surface area contributed by atoms with Crippen molar-refractivity contribution in [3.8, 4) is 6.07 Å². The first-order valence-electron chi connectivity index (χ1n) is 8.33. The van der Waals surface area contributed by atoms with Crippen molar-refractivity contribution >= 4 is 15.7 Å². The highest BCUT2D eigenvalue weighted by atomic mass is 32.2. The van der Waals surface area contributed by atoms with E-state index in [1.165, 1.54) is 0 Å². The number of hydrogen-bond donors (Lipinski definition) is 1. The van der Waals surface area contributed by atoms with Crippen molar-refractivity contribution in [1.82, 2.24) is 4.31 Å². The van der Waals surface area contributed by atoms with E-state index < -0.39 is 10.0 Å². The van der Waals surface area contributed by atoms with E-state index in [2.05, 4.69) is 11.4 Å². The highest BCUT2D eigenvalue weighted by molar-refractivity contribution is 7.89. The van der Waals surface area contributed by atoms with E-state index in [1.807, 2.05) is 42.5 Å². The van der Waals surface area contributed by atoms with Gasteiger partial charge in [-0.15, -0.1) is 0 Å². The summed E-state index contributed by atoms with van der Waals surface area (Å²) in [4.78, 5) is 0. The summed E-state index contributed by atoms with van der Waals surface area (Å²) in [6.07, 6.45) is 0. The quantitative estimate of drug-likeness (QED) is 0.895. The molecule has 1 heterocycles. The molecule has 1 fully saturated rings. The third-order valence-electron chi connectivity index (χ3n) is 4.62. The number of nitrogens with one attached hydrogen (secondary N) is 1. The minimum atomic E-state index is -3.24. The third-order valence-corrected chi connectivity index (χ3v) is 6.43. The Labute approximate surface area is 149 Å². The molecule has 1 saturated heterocycles. The summed E-state index contributed by atoms with van der Waals surface area (Å²) >= 11 is 0. The lowest BCUT2D eigenvalue weighted by Crippen LogP contribution is -2.32. The van der Waals surface area contributed by atoms with Gasteiger partial charge in [0.25, 0.3) is 0 Å².